The minimum Gasteiger partial charge on any atom is -0.380 e. The van der Waals surface area contributed by atoms with E-state index < -0.39 is 0 Å². The summed E-state index contributed by atoms with van der Waals surface area (Å²) in [4.78, 5) is 2.81. The lowest BCUT2D eigenvalue weighted by Gasteiger charge is -2.13. The summed E-state index contributed by atoms with van der Waals surface area (Å²) in [6.07, 6.45) is 0. The molecular weight excluding hydrogens is 238 g/mol. The van der Waals surface area contributed by atoms with E-state index in [0.717, 1.165) is 6.54 Å². The lowest BCUT2D eigenvalue weighted by atomic mass is 10.0. The van der Waals surface area contributed by atoms with Crippen LogP contribution in [0.5, 0.6) is 0 Å². The normalized spacial score (nSPS) is 10.7. The zero-order valence-corrected chi connectivity index (χ0v) is 12.7. The van der Waals surface area contributed by atoms with E-state index in [1.807, 2.05) is 11.3 Å². The molecule has 2 heteroatoms. The second-order valence-electron chi connectivity index (χ2n) is 5.07. The fourth-order valence-electron chi connectivity index (χ4n) is 2.50. The molecule has 1 nitrogen and oxygen atoms in total. The van der Waals surface area contributed by atoms with Crippen LogP contribution in [0.4, 0.5) is 5.69 Å². The Balaban J connectivity index is 2.18. The first-order valence-electron chi connectivity index (χ1n) is 6.35. The van der Waals surface area contributed by atoms with Gasteiger partial charge in [0.25, 0.3) is 0 Å². The van der Waals surface area contributed by atoms with Crippen LogP contribution in [0.1, 0.15) is 32.0 Å². The van der Waals surface area contributed by atoms with Crippen LogP contribution >= 0.6 is 11.3 Å². The number of hydrogen-bond donors (Lipinski definition) is 1. The number of hydrogen-bond acceptors (Lipinski definition) is 2. The van der Waals surface area contributed by atoms with E-state index in [1.54, 1.807) is 0 Å². The molecule has 0 aliphatic heterocycles. The largest absolute Gasteiger partial charge is 0.380 e. The molecule has 0 radical (unpaired) electrons. The van der Waals surface area contributed by atoms with E-state index >= 15 is 0 Å². The number of benzene rings is 1. The summed E-state index contributed by atoms with van der Waals surface area (Å²) in [6.45, 7) is 11.8. The molecule has 0 aliphatic carbocycles. The molecule has 2 aromatic rings. The Hall–Kier alpha value is -1.28. The highest BCUT2D eigenvalue weighted by Gasteiger charge is 2.06. The number of nitrogens with one attached hydrogen (secondary N) is 1. The summed E-state index contributed by atoms with van der Waals surface area (Å²) in [5.74, 6) is 0. The molecule has 0 spiro atoms. The van der Waals surface area contributed by atoms with Crippen LogP contribution in [0.3, 0.4) is 0 Å². The van der Waals surface area contributed by atoms with E-state index in [4.69, 9.17) is 0 Å². The first-order valence-corrected chi connectivity index (χ1v) is 7.16. The van der Waals surface area contributed by atoms with Crippen molar-refractivity contribution >= 4 is 17.0 Å². The van der Waals surface area contributed by atoms with E-state index in [9.17, 15) is 0 Å². The summed E-state index contributed by atoms with van der Waals surface area (Å²) in [6, 6.07) is 6.76. The fourth-order valence-corrected chi connectivity index (χ4v) is 3.45. The van der Waals surface area contributed by atoms with Crippen molar-refractivity contribution in [3.8, 4) is 0 Å². The van der Waals surface area contributed by atoms with Gasteiger partial charge in [-0.2, -0.15) is 0 Å². The Kier molecular flexibility index (Phi) is 3.76. The van der Waals surface area contributed by atoms with Crippen LogP contribution in [-0.4, -0.2) is 0 Å². The van der Waals surface area contributed by atoms with Crippen molar-refractivity contribution in [3.63, 3.8) is 0 Å². The van der Waals surface area contributed by atoms with Crippen LogP contribution in [-0.2, 0) is 6.54 Å². The zero-order chi connectivity index (χ0) is 13.3. The van der Waals surface area contributed by atoms with Crippen molar-refractivity contribution < 1.29 is 0 Å². The van der Waals surface area contributed by atoms with Gasteiger partial charge in [0, 0.05) is 22.0 Å². The summed E-state index contributed by atoms with van der Waals surface area (Å²) < 4.78 is 0. The number of thiophene rings is 1. The first kappa shape index (κ1) is 13.2. The van der Waals surface area contributed by atoms with Gasteiger partial charge in [-0.15, -0.1) is 11.3 Å². The minimum atomic E-state index is 0.918. The maximum atomic E-state index is 3.59. The van der Waals surface area contributed by atoms with Crippen LogP contribution in [0.15, 0.2) is 18.2 Å². The number of anilines is 1. The van der Waals surface area contributed by atoms with Crippen molar-refractivity contribution in [2.24, 2.45) is 0 Å². The van der Waals surface area contributed by atoms with Crippen molar-refractivity contribution in [1.29, 1.82) is 0 Å². The maximum absolute atomic E-state index is 3.59. The average molecular weight is 259 g/mol. The van der Waals surface area contributed by atoms with Crippen molar-refractivity contribution in [3.05, 3.63) is 50.2 Å². The first-order chi connectivity index (χ1) is 8.47. The van der Waals surface area contributed by atoms with Gasteiger partial charge < -0.3 is 5.32 Å². The van der Waals surface area contributed by atoms with Crippen LogP contribution in [0.25, 0.3) is 0 Å². The third-order valence-corrected chi connectivity index (χ3v) is 4.28. The molecule has 1 aromatic heterocycles. The fraction of sp³-hybridized carbons (Fsp3) is 0.375. The highest BCUT2D eigenvalue weighted by atomic mass is 32.1. The van der Waals surface area contributed by atoms with E-state index in [1.165, 1.54) is 37.7 Å². The van der Waals surface area contributed by atoms with Gasteiger partial charge in [-0.1, -0.05) is 17.7 Å². The molecule has 96 valence electrons. The molecular formula is C16H21NS. The van der Waals surface area contributed by atoms with Crippen LogP contribution in [0.2, 0.25) is 0 Å². The van der Waals surface area contributed by atoms with Gasteiger partial charge in [0.05, 0.1) is 0 Å². The molecule has 0 atom stereocenters. The second-order valence-corrected chi connectivity index (χ2v) is 6.53. The molecule has 0 amide bonds. The summed E-state index contributed by atoms with van der Waals surface area (Å²) in [7, 11) is 0. The third kappa shape index (κ3) is 2.75. The predicted molar refractivity (Wildman–Crippen MR) is 81.8 cm³/mol. The maximum Gasteiger partial charge on any atom is 0.0411 e. The van der Waals surface area contributed by atoms with Gasteiger partial charge >= 0.3 is 0 Å². The summed E-state index contributed by atoms with van der Waals surface area (Å²) in [5, 5.41) is 3.59. The lowest BCUT2D eigenvalue weighted by molar-refractivity contribution is 1.12. The smallest absolute Gasteiger partial charge is 0.0411 e. The number of aryl methyl sites for hydroxylation is 5. The van der Waals surface area contributed by atoms with Crippen molar-refractivity contribution in [2.45, 2.75) is 41.2 Å². The molecule has 0 aliphatic rings. The Morgan fingerprint density at radius 3 is 2.06 bits per heavy atom. The molecule has 1 N–H and O–H groups in total. The highest BCUT2D eigenvalue weighted by molar-refractivity contribution is 7.12. The van der Waals surface area contributed by atoms with Crippen molar-refractivity contribution in [2.75, 3.05) is 5.32 Å². The SMILES string of the molecule is Cc1cc(C)c(NCc2cc(C)sc2C)c(C)c1. The predicted octanol–water partition coefficient (Wildman–Crippen LogP) is 4.90. The summed E-state index contributed by atoms with van der Waals surface area (Å²) >= 11 is 1.88. The zero-order valence-electron chi connectivity index (χ0n) is 11.8. The molecule has 0 fully saturated rings. The molecule has 0 bridgehead atoms. The van der Waals surface area contributed by atoms with Gasteiger partial charge in [-0.25, -0.2) is 0 Å². The number of rotatable bonds is 3. The molecule has 0 unspecified atom stereocenters. The van der Waals surface area contributed by atoms with Gasteiger partial charge in [-0.3, -0.25) is 0 Å². The molecule has 0 saturated carbocycles. The molecule has 18 heavy (non-hydrogen) atoms. The van der Waals surface area contributed by atoms with E-state index in [2.05, 4.69) is 58.1 Å². The van der Waals surface area contributed by atoms with Crippen LogP contribution < -0.4 is 5.32 Å². The molecule has 1 aromatic carbocycles. The Labute approximate surface area is 114 Å². The van der Waals surface area contributed by atoms with Crippen molar-refractivity contribution in [1.82, 2.24) is 0 Å². The monoisotopic (exact) mass is 259 g/mol. The second kappa shape index (κ2) is 5.15. The molecule has 1 heterocycles. The highest BCUT2D eigenvalue weighted by Crippen LogP contribution is 2.25. The topological polar surface area (TPSA) is 12.0 Å². The Morgan fingerprint density at radius 2 is 1.56 bits per heavy atom. The lowest BCUT2D eigenvalue weighted by Crippen LogP contribution is -2.03. The van der Waals surface area contributed by atoms with Crippen LogP contribution in [0, 0.1) is 34.6 Å². The average Bonchev–Trinajstić information content (AvgIpc) is 2.55. The van der Waals surface area contributed by atoms with Gasteiger partial charge in [-0.05, 0) is 57.4 Å². The summed E-state index contributed by atoms with van der Waals surface area (Å²) in [5.41, 5.74) is 6.69. The van der Waals surface area contributed by atoms with E-state index in [-0.39, 0.29) is 0 Å². The van der Waals surface area contributed by atoms with Gasteiger partial charge in [0.15, 0.2) is 0 Å². The van der Waals surface area contributed by atoms with Gasteiger partial charge in [0.1, 0.15) is 0 Å². The quantitative estimate of drug-likeness (QED) is 0.826. The molecule has 0 saturated heterocycles. The Morgan fingerprint density at radius 1 is 0.944 bits per heavy atom. The third-order valence-electron chi connectivity index (χ3n) is 3.28. The minimum absolute atomic E-state index is 0.918. The van der Waals surface area contributed by atoms with Gasteiger partial charge in [0.2, 0.25) is 0 Å². The molecule has 2 rings (SSSR count). The van der Waals surface area contributed by atoms with E-state index in [0.29, 0.717) is 0 Å². The Bertz CT molecular complexity index is 543. The standard InChI is InChI=1S/C16H21NS/c1-10-6-11(2)16(12(3)7-10)17-9-15-8-13(4)18-14(15)5/h6-8,17H,9H2,1-5H3.